The molecule has 1 aromatic carbocycles. The molecule has 2 aromatic rings. The largest absolute Gasteiger partial charge is 0.477 e. The number of allylic oxidation sites excluding steroid dienone is 1. The van der Waals surface area contributed by atoms with E-state index in [1.165, 1.54) is 4.90 Å². The van der Waals surface area contributed by atoms with Crippen molar-refractivity contribution in [2.75, 3.05) is 6.73 Å². The van der Waals surface area contributed by atoms with Gasteiger partial charge in [-0.1, -0.05) is 36.4 Å². The molecule has 0 aliphatic carbocycles. The van der Waals surface area contributed by atoms with Crippen LogP contribution in [0.3, 0.4) is 0 Å². The molecule has 1 unspecified atom stereocenters. The molecule has 0 fully saturated rings. The van der Waals surface area contributed by atoms with E-state index in [0.717, 1.165) is 16.7 Å². The van der Waals surface area contributed by atoms with Gasteiger partial charge in [0.1, 0.15) is 17.6 Å². The molecule has 1 atom stereocenters. The molecule has 3 rings (SSSR count). The summed E-state index contributed by atoms with van der Waals surface area (Å²) in [4.78, 5) is 27.5. The Kier molecular flexibility index (Phi) is 4.53. The lowest BCUT2D eigenvalue weighted by atomic mass is 9.93. The zero-order chi connectivity index (χ0) is 17.2. The molecule has 0 spiro atoms. The van der Waals surface area contributed by atoms with Crippen molar-refractivity contribution in [3.63, 3.8) is 0 Å². The summed E-state index contributed by atoms with van der Waals surface area (Å²) in [5.41, 5.74) is 0.373. The number of ether oxygens (including phenoxy) is 1. The van der Waals surface area contributed by atoms with E-state index in [-0.39, 0.29) is 12.6 Å². The molecule has 124 valence electrons. The number of thiophene rings is 1. The number of nitrogens with zero attached hydrogens (tertiary/aromatic N) is 1. The maximum atomic E-state index is 13.1. The summed E-state index contributed by atoms with van der Waals surface area (Å²) in [5, 5.41) is 1.97. The van der Waals surface area contributed by atoms with Crippen LogP contribution in [-0.2, 0) is 20.7 Å². The first-order valence-electron chi connectivity index (χ1n) is 7.75. The molecule has 1 aliphatic rings. The molecular formula is C19H19NO3S. The average molecular weight is 341 g/mol. The van der Waals surface area contributed by atoms with Crippen molar-refractivity contribution in [3.05, 3.63) is 64.0 Å². The van der Waals surface area contributed by atoms with Crippen LogP contribution in [0.2, 0.25) is 0 Å². The fourth-order valence-corrected chi connectivity index (χ4v) is 3.72. The lowest BCUT2D eigenvalue weighted by molar-refractivity contribution is -0.144. The summed E-state index contributed by atoms with van der Waals surface area (Å²) in [7, 11) is 0. The maximum Gasteiger partial charge on any atom is 0.261 e. The molecule has 0 radical (unpaired) electrons. The van der Waals surface area contributed by atoms with Crippen LogP contribution < -0.4 is 0 Å². The van der Waals surface area contributed by atoms with Crippen LogP contribution in [0.15, 0.2) is 53.6 Å². The number of amides is 1. The van der Waals surface area contributed by atoms with E-state index < -0.39 is 5.54 Å². The minimum absolute atomic E-state index is 0.0849. The highest BCUT2D eigenvalue weighted by Crippen LogP contribution is 2.31. The van der Waals surface area contributed by atoms with E-state index in [9.17, 15) is 9.59 Å². The van der Waals surface area contributed by atoms with Gasteiger partial charge in [0, 0.05) is 11.3 Å². The number of carbonyl (C=O) groups is 2. The Hall–Kier alpha value is -2.40. The van der Waals surface area contributed by atoms with Crippen molar-refractivity contribution in [2.24, 2.45) is 0 Å². The number of hydrogen-bond donors (Lipinski definition) is 0. The molecule has 2 heterocycles. The van der Waals surface area contributed by atoms with Gasteiger partial charge in [-0.05, 0) is 30.9 Å². The number of carbonyl (C=O) groups excluding carboxylic acids is 2. The number of rotatable bonds is 5. The number of hydrogen-bond acceptors (Lipinski definition) is 4. The molecule has 0 bridgehead atoms. The summed E-state index contributed by atoms with van der Waals surface area (Å²) in [6.07, 6.45) is 1.32. The van der Waals surface area contributed by atoms with E-state index >= 15 is 0 Å². The van der Waals surface area contributed by atoms with Crippen LogP contribution in [0.1, 0.15) is 24.3 Å². The van der Waals surface area contributed by atoms with Gasteiger partial charge < -0.3 is 9.53 Å². The third-order valence-electron chi connectivity index (χ3n) is 4.27. The van der Waals surface area contributed by atoms with Crippen molar-refractivity contribution in [1.82, 2.24) is 4.90 Å². The van der Waals surface area contributed by atoms with Crippen LogP contribution in [-0.4, -0.2) is 29.4 Å². The van der Waals surface area contributed by atoms with Gasteiger partial charge >= 0.3 is 0 Å². The summed E-state index contributed by atoms with van der Waals surface area (Å²) in [6, 6.07) is 13.3. The second-order valence-electron chi connectivity index (χ2n) is 6.03. The predicted molar refractivity (Wildman–Crippen MR) is 94.3 cm³/mol. The number of benzene rings is 1. The Morgan fingerprint density at radius 1 is 1.25 bits per heavy atom. The standard InChI is InChI=1S/C19H19NO3S/c1-14-17(15-7-4-3-5-8-15)18(22)20(13-23-14)19(2,12-21)11-16-9-6-10-24-16/h3-10,12H,11,13H2,1-2H3. The first-order chi connectivity index (χ1) is 11.5. The van der Waals surface area contributed by atoms with Gasteiger partial charge in [0.2, 0.25) is 0 Å². The first-order valence-corrected chi connectivity index (χ1v) is 8.63. The zero-order valence-electron chi connectivity index (χ0n) is 13.7. The SMILES string of the molecule is CC1=C(c2ccccc2)C(=O)N(C(C)(C=O)Cc2cccs2)CO1. The molecular weight excluding hydrogens is 322 g/mol. The molecule has 1 aliphatic heterocycles. The second-order valence-corrected chi connectivity index (χ2v) is 7.07. The second kappa shape index (κ2) is 6.61. The van der Waals surface area contributed by atoms with Crippen molar-refractivity contribution in [1.29, 1.82) is 0 Å². The molecule has 0 saturated heterocycles. The van der Waals surface area contributed by atoms with E-state index in [0.29, 0.717) is 17.8 Å². The van der Waals surface area contributed by atoms with Crippen molar-refractivity contribution < 1.29 is 14.3 Å². The van der Waals surface area contributed by atoms with Crippen molar-refractivity contribution in [2.45, 2.75) is 25.8 Å². The van der Waals surface area contributed by atoms with Crippen LogP contribution in [0.4, 0.5) is 0 Å². The Morgan fingerprint density at radius 3 is 2.62 bits per heavy atom. The lowest BCUT2D eigenvalue weighted by Crippen LogP contribution is -2.55. The highest BCUT2D eigenvalue weighted by atomic mass is 32.1. The Labute approximate surface area is 145 Å². The van der Waals surface area contributed by atoms with Crippen molar-refractivity contribution >= 4 is 29.1 Å². The third kappa shape index (κ3) is 2.99. The molecule has 5 heteroatoms. The molecule has 0 saturated carbocycles. The van der Waals surface area contributed by atoms with Gasteiger partial charge in [0.15, 0.2) is 6.73 Å². The van der Waals surface area contributed by atoms with Crippen LogP contribution >= 0.6 is 11.3 Å². The zero-order valence-corrected chi connectivity index (χ0v) is 14.5. The van der Waals surface area contributed by atoms with Gasteiger partial charge in [-0.25, -0.2) is 0 Å². The molecule has 24 heavy (non-hydrogen) atoms. The van der Waals surface area contributed by atoms with Crippen LogP contribution in [0, 0.1) is 0 Å². The lowest BCUT2D eigenvalue weighted by Gasteiger charge is -2.40. The van der Waals surface area contributed by atoms with Crippen molar-refractivity contribution in [3.8, 4) is 0 Å². The first kappa shape index (κ1) is 16.5. The van der Waals surface area contributed by atoms with Gasteiger partial charge in [-0.2, -0.15) is 0 Å². The van der Waals surface area contributed by atoms with E-state index in [2.05, 4.69) is 0 Å². The maximum absolute atomic E-state index is 13.1. The van der Waals surface area contributed by atoms with Gasteiger partial charge in [0.25, 0.3) is 5.91 Å². The molecule has 0 N–H and O–H groups in total. The topological polar surface area (TPSA) is 46.6 Å². The van der Waals surface area contributed by atoms with E-state index in [1.54, 1.807) is 25.2 Å². The highest BCUT2D eigenvalue weighted by molar-refractivity contribution is 7.09. The van der Waals surface area contributed by atoms with Crippen LogP contribution in [0.5, 0.6) is 0 Å². The van der Waals surface area contributed by atoms with E-state index in [1.807, 2.05) is 47.8 Å². The average Bonchev–Trinajstić information content (AvgIpc) is 3.08. The van der Waals surface area contributed by atoms with Gasteiger partial charge in [0.05, 0.1) is 5.57 Å². The molecule has 4 nitrogen and oxygen atoms in total. The summed E-state index contributed by atoms with van der Waals surface area (Å²) >= 11 is 1.58. The smallest absolute Gasteiger partial charge is 0.261 e. The third-order valence-corrected chi connectivity index (χ3v) is 5.14. The quantitative estimate of drug-likeness (QED) is 0.782. The Balaban J connectivity index is 1.95. The Morgan fingerprint density at radius 2 is 2.00 bits per heavy atom. The molecule has 1 amide bonds. The minimum Gasteiger partial charge on any atom is -0.477 e. The molecule has 1 aromatic heterocycles. The highest BCUT2D eigenvalue weighted by Gasteiger charge is 2.40. The summed E-state index contributed by atoms with van der Waals surface area (Å²) in [6.45, 7) is 3.65. The minimum atomic E-state index is -0.942. The normalized spacial score (nSPS) is 17.4. The van der Waals surface area contributed by atoms with Gasteiger partial charge in [-0.3, -0.25) is 9.69 Å². The van der Waals surface area contributed by atoms with Gasteiger partial charge in [-0.15, -0.1) is 11.3 Å². The van der Waals surface area contributed by atoms with E-state index in [4.69, 9.17) is 4.74 Å². The fourth-order valence-electron chi connectivity index (χ4n) is 2.86. The summed E-state index contributed by atoms with van der Waals surface area (Å²) in [5.74, 6) is 0.419. The summed E-state index contributed by atoms with van der Waals surface area (Å²) < 4.78 is 5.72. The Bertz CT molecular complexity index is 767. The monoisotopic (exact) mass is 341 g/mol. The predicted octanol–water partition coefficient (Wildman–Crippen LogP) is 3.50. The van der Waals surface area contributed by atoms with Crippen LogP contribution in [0.25, 0.3) is 5.57 Å². The fraction of sp³-hybridized carbons (Fsp3) is 0.263. The number of aldehydes is 1.